The van der Waals surface area contributed by atoms with Gasteiger partial charge >= 0.3 is 0 Å². The lowest BCUT2D eigenvalue weighted by Gasteiger charge is -2.27. The van der Waals surface area contributed by atoms with Crippen molar-refractivity contribution in [3.05, 3.63) is 120 Å². The highest BCUT2D eigenvalue weighted by molar-refractivity contribution is 8.93. The summed E-state index contributed by atoms with van der Waals surface area (Å²) in [7, 11) is 3.39. The standard InChI is InChI=1S/C34H39N3O2S.BrH/c1-5-36(6-2)31-18-16-30(17-19-31)35-34(40-26-29-10-8-7-9-11-29)37(24-27-12-20-32(38-3)21-13-27)25-28-14-22-33(39-4)23-15-28;/h7-23H,5-6,24-26H2,1-4H3;1H. The zero-order valence-electron chi connectivity index (χ0n) is 24.3. The second kappa shape index (κ2) is 16.7. The molecule has 4 rings (SSSR count). The molecule has 0 aliphatic carbocycles. The predicted octanol–water partition coefficient (Wildman–Crippen LogP) is 8.75. The van der Waals surface area contributed by atoms with E-state index in [-0.39, 0.29) is 17.0 Å². The van der Waals surface area contributed by atoms with Crippen molar-refractivity contribution in [1.82, 2.24) is 4.90 Å². The lowest BCUT2D eigenvalue weighted by Crippen LogP contribution is -2.28. The molecule has 4 aromatic rings. The molecule has 0 fully saturated rings. The number of hydrogen-bond donors (Lipinski definition) is 0. The maximum Gasteiger partial charge on any atom is 0.165 e. The molecule has 0 aliphatic heterocycles. The lowest BCUT2D eigenvalue weighted by molar-refractivity contribution is 0.405. The van der Waals surface area contributed by atoms with Crippen molar-refractivity contribution in [3.63, 3.8) is 0 Å². The van der Waals surface area contributed by atoms with E-state index in [1.54, 1.807) is 26.0 Å². The van der Waals surface area contributed by atoms with Crippen molar-refractivity contribution in [2.75, 3.05) is 32.2 Å². The Kier molecular flexibility index (Phi) is 13.1. The molecule has 41 heavy (non-hydrogen) atoms. The van der Waals surface area contributed by atoms with Gasteiger partial charge in [-0.2, -0.15) is 0 Å². The molecule has 0 unspecified atom stereocenters. The van der Waals surface area contributed by atoms with Crippen LogP contribution in [0.15, 0.2) is 108 Å². The lowest BCUT2D eigenvalue weighted by atomic mass is 10.1. The van der Waals surface area contributed by atoms with Gasteiger partial charge in [0.2, 0.25) is 0 Å². The molecule has 216 valence electrons. The summed E-state index contributed by atoms with van der Waals surface area (Å²) < 4.78 is 10.8. The third-order valence-electron chi connectivity index (χ3n) is 6.75. The quantitative estimate of drug-likeness (QED) is 0.115. The van der Waals surface area contributed by atoms with Crippen LogP contribution in [-0.4, -0.2) is 37.4 Å². The third kappa shape index (κ3) is 9.58. The molecule has 0 saturated heterocycles. The number of ether oxygens (including phenoxy) is 2. The first kappa shape index (κ1) is 32.1. The highest BCUT2D eigenvalue weighted by atomic mass is 79.9. The number of aliphatic imine (C=N–C) groups is 1. The Morgan fingerprint density at radius 2 is 1.17 bits per heavy atom. The van der Waals surface area contributed by atoms with Crippen molar-refractivity contribution < 1.29 is 9.47 Å². The van der Waals surface area contributed by atoms with Crippen LogP contribution in [-0.2, 0) is 18.8 Å². The fourth-order valence-corrected chi connectivity index (χ4v) is 5.42. The van der Waals surface area contributed by atoms with Crippen LogP contribution in [0.1, 0.15) is 30.5 Å². The van der Waals surface area contributed by atoms with Gasteiger partial charge in [-0.15, -0.1) is 17.0 Å². The normalized spacial score (nSPS) is 11.0. The maximum absolute atomic E-state index is 5.39. The van der Waals surface area contributed by atoms with Gasteiger partial charge in [0.05, 0.1) is 19.9 Å². The van der Waals surface area contributed by atoms with Gasteiger partial charge < -0.3 is 19.3 Å². The van der Waals surface area contributed by atoms with E-state index in [0.717, 1.165) is 41.2 Å². The molecule has 0 amide bonds. The zero-order chi connectivity index (χ0) is 28.2. The summed E-state index contributed by atoms with van der Waals surface area (Å²) in [5.74, 6) is 2.54. The monoisotopic (exact) mass is 633 g/mol. The van der Waals surface area contributed by atoms with Gasteiger partial charge in [0.15, 0.2) is 5.17 Å². The van der Waals surface area contributed by atoms with Crippen LogP contribution in [0.25, 0.3) is 0 Å². The minimum absolute atomic E-state index is 0. The summed E-state index contributed by atoms with van der Waals surface area (Å²) in [5, 5.41) is 0.978. The second-order valence-electron chi connectivity index (χ2n) is 9.41. The number of anilines is 1. The van der Waals surface area contributed by atoms with E-state index >= 15 is 0 Å². The molecule has 0 atom stereocenters. The molecule has 0 spiro atoms. The van der Waals surface area contributed by atoms with Crippen molar-refractivity contribution in [3.8, 4) is 11.5 Å². The molecule has 0 heterocycles. The van der Waals surface area contributed by atoms with Gasteiger partial charge in [0.25, 0.3) is 0 Å². The van der Waals surface area contributed by atoms with Crippen LogP contribution in [0.2, 0.25) is 0 Å². The molecule has 7 heteroatoms. The van der Waals surface area contributed by atoms with Crippen LogP contribution < -0.4 is 14.4 Å². The summed E-state index contributed by atoms with van der Waals surface area (Å²) in [6.07, 6.45) is 0. The van der Waals surface area contributed by atoms with Crippen molar-refractivity contribution in [1.29, 1.82) is 0 Å². The Balaban J connectivity index is 0.00000462. The number of halogens is 1. The molecular formula is C34H40BrN3O2S. The van der Waals surface area contributed by atoms with E-state index in [4.69, 9.17) is 14.5 Å². The van der Waals surface area contributed by atoms with Crippen molar-refractivity contribution >= 4 is 45.3 Å². The van der Waals surface area contributed by atoms with E-state index in [1.165, 1.54) is 22.4 Å². The predicted molar refractivity (Wildman–Crippen MR) is 180 cm³/mol. The van der Waals surface area contributed by atoms with E-state index < -0.39 is 0 Å². The van der Waals surface area contributed by atoms with Crippen molar-refractivity contribution in [2.45, 2.75) is 32.7 Å². The Hall–Kier alpha value is -3.42. The van der Waals surface area contributed by atoms with Gasteiger partial charge in [0, 0.05) is 37.6 Å². The zero-order valence-corrected chi connectivity index (χ0v) is 26.9. The first-order chi connectivity index (χ1) is 19.6. The maximum atomic E-state index is 5.39. The average molecular weight is 635 g/mol. The Bertz CT molecular complexity index is 1280. The number of thioether (sulfide) groups is 1. The number of rotatable bonds is 12. The van der Waals surface area contributed by atoms with Gasteiger partial charge in [0.1, 0.15) is 11.5 Å². The van der Waals surface area contributed by atoms with Gasteiger partial charge in [-0.25, -0.2) is 4.99 Å². The molecular weight excluding hydrogens is 594 g/mol. The molecule has 0 aliphatic rings. The topological polar surface area (TPSA) is 37.3 Å². The molecule has 0 bridgehead atoms. The van der Waals surface area contributed by atoms with E-state index in [2.05, 4.69) is 103 Å². The molecule has 4 aromatic carbocycles. The summed E-state index contributed by atoms with van der Waals surface area (Å²) in [5.41, 5.74) is 5.82. The molecule has 0 N–H and O–H groups in total. The van der Waals surface area contributed by atoms with Gasteiger partial charge in [-0.3, -0.25) is 0 Å². The fraction of sp³-hybridized carbons (Fsp3) is 0.265. The van der Waals surface area contributed by atoms with Crippen LogP contribution in [0.5, 0.6) is 11.5 Å². The Labute approximate surface area is 260 Å². The summed E-state index contributed by atoms with van der Waals surface area (Å²) in [6.45, 7) is 7.76. The summed E-state index contributed by atoms with van der Waals surface area (Å²) in [6, 6.07) is 35.7. The van der Waals surface area contributed by atoms with Crippen LogP contribution in [0.3, 0.4) is 0 Å². The highest BCUT2D eigenvalue weighted by Gasteiger charge is 2.16. The SMILES string of the molecule is Br.CCN(CC)c1ccc(N=C(SCc2ccccc2)N(Cc2ccc(OC)cc2)Cc2ccc(OC)cc2)cc1. The number of nitrogens with zero attached hydrogens (tertiary/aromatic N) is 3. The van der Waals surface area contributed by atoms with Crippen LogP contribution in [0, 0.1) is 0 Å². The molecule has 0 radical (unpaired) electrons. The average Bonchev–Trinajstić information content (AvgIpc) is 3.01. The second-order valence-corrected chi connectivity index (χ2v) is 10.4. The molecule has 0 aromatic heterocycles. The largest absolute Gasteiger partial charge is 0.497 e. The summed E-state index contributed by atoms with van der Waals surface area (Å²) in [4.78, 5) is 9.93. The minimum atomic E-state index is 0. The first-order valence-electron chi connectivity index (χ1n) is 13.7. The van der Waals surface area contributed by atoms with E-state index in [0.29, 0.717) is 13.1 Å². The fourth-order valence-electron chi connectivity index (χ4n) is 4.45. The van der Waals surface area contributed by atoms with Crippen LogP contribution >= 0.6 is 28.7 Å². The molecule has 5 nitrogen and oxygen atoms in total. The van der Waals surface area contributed by atoms with E-state index in [9.17, 15) is 0 Å². The van der Waals surface area contributed by atoms with Gasteiger partial charge in [-0.05, 0) is 79.1 Å². The Morgan fingerprint density at radius 1 is 0.659 bits per heavy atom. The number of benzene rings is 4. The highest BCUT2D eigenvalue weighted by Crippen LogP contribution is 2.27. The van der Waals surface area contributed by atoms with E-state index in [1.807, 2.05) is 24.3 Å². The third-order valence-corrected chi connectivity index (χ3v) is 7.83. The smallest absolute Gasteiger partial charge is 0.165 e. The Morgan fingerprint density at radius 3 is 1.63 bits per heavy atom. The number of methoxy groups -OCH3 is 2. The first-order valence-corrected chi connectivity index (χ1v) is 14.7. The molecule has 0 saturated carbocycles. The van der Waals surface area contributed by atoms with Crippen LogP contribution in [0.4, 0.5) is 11.4 Å². The number of amidine groups is 1. The summed E-state index contributed by atoms with van der Waals surface area (Å²) >= 11 is 1.77. The minimum Gasteiger partial charge on any atom is -0.497 e. The number of hydrogen-bond acceptors (Lipinski definition) is 5. The van der Waals surface area contributed by atoms with Crippen molar-refractivity contribution in [2.24, 2.45) is 4.99 Å². The van der Waals surface area contributed by atoms with Gasteiger partial charge in [-0.1, -0.05) is 66.4 Å².